The van der Waals surface area contributed by atoms with Crippen LogP contribution in [0.2, 0.25) is 0 Å². The van der Waals surface area contributed by atoms with E-state index in [1.165, 1.54) is 5.56 Å². The van der Waals surface area contributed by atoms with Crippen LogP contribution in [0.25, 0.3) is 0 Å². The Morgan fingerprint density at radius 3 is 3.10 bits per heavy atom. The van der Waals surface area contributed by atoms with Gasteiger partial charge in [-0.1, -0.05) is 18.2 Å². The second-order valence-corrected chi connectivity index (χ2v) is 6.02. The molecule has 0 bridgehead atoms. The van der Waals surface area contributed by atoms with Gasteiger partial charge in [0, 0.05) is 31.8 Å². The van der Waals surface area contributed by atoms with E-state index in [1.807, 2.05) is 31.2 Å². The van der Waals surface area contributed by atoms with Crippen LogP contribution in [0.4, 0.5) is 5.69 Å². The quantitative estimate of drug-likeness (QED) is 0.774. The maximum atomic E-state index is 12.3. The van der Waals surface area contributed by atoms with Crippen molar-refractivity contribution in [2.75, 3.05) is 25.0 Å². The Balaban J connectivity index is 1.57. The third-order valence-corrected chi connectivity index (χ3v) is 4.62. The van der Waals surface area contributed by atoms with Crippen molar-refractivity contribution in [2.24, 2.45) is 5.92 Å². The lowest BCUT2D eigenvalue weighted by atomic mass is 9.92. The molecule has 1 fully saturated rings. The van der Waals surface area contributed by atoms with Gasteiger partial charge in [0.2, 0.25) is 5.91 Å². The van der Waals surface area contributed by atoms with Crippen molar-refractivity contribution in [2.45, 2.75) is 31.5 Å². The molecule has 5 heteroatoms. The zero-order valence-corrected chi connectivity index (χ0v) is 12.3. The van der Waals surface area contributed by atoms with E-state index in [-0.39, 0.29) is 24.5 Å². The van der Waals surface area contributed by atoms with E-state index in [0.29, 0.717) is 19.6 Å². The smallest absolute Gasteiger partial charge is 0.225 e. The first kappa shape index (κ1) is 14.4. The van der Waals surface area contributed by atoms with Crippen molar-refractivity contribution in [3.05, 3.63) is 29.8 Å². The summed E-state index contributed by atoms with van der Waals surface area (Å²) < 4.78 is 5.38. The number of hydrogen-bond donors (Lipinski definition) is 3. The molecule has 21 heavy (non-hydrogen) atoms. The van der Waals surface area contributed by atoms with Gasteiger partial charge in [-0.05, 0) is 25.0 Å². The van der Waals surface area contributed by atoms with E-state index in [0.717, 1.165) is 12.1 Å². The largest absolute Gasteiger partial charge is 0.385 e. The van der Waals surface area contributed by atoms with Gasteiger partial charge in [-0.25, -0.2) is 0 Å². The molecule has 0 aromatic heterocycles. The molecule has 0 spiro atoms. The van der Waals surface area contributed by atoms with E-state index in [4.69, 9.17) is 4.74 Å². The molecule has 0 saturated carbocycles. The minimum atomic E-state index is -0.935. The van der Waals surface area contributed by atoms with Gasteiger partial charge < -0.3 is 20.5 Å². The summed E-state index contributed by atoms with van der Waals surface area (Å²) >= 11 is 0. The first-order valence-electron chi connectivity index (χ1n) is 7.52. The van der Waals surface area contributed by atoms with Crippen LogP contribution in [-0.2, 0) is 16.0 Å². The van der Waals surface area contributed by atoms with Crippen LogP contribution < -0.4 is 10.6 Å². The third-order valence-electron chi connectivity index (χ3n) is 4.62. The molecule has 0 aliphatic carbocycles. The number of ether oxygens (including phenoxy) is 1. The monoisotopic (exact) mass is 290 g/mol. The highest BCUT2D eigenvalue weighted by Gasteiger charge is 2.40. The van der Waals surface area contributed by atoms with E-state index in [9.17, 15) is 9.90 Å². The summed E-state index contributed by atoms with van der Waals surface area (Å²) in [7, 11) is 0. The summed E-state index contributed by atoms with van der Waals surface area (Å²) in [5, 5.41) is 16.6. The lowest BCUT2D eigenvalue weighted by molar-refractivity contribution is -0.126. The number of fused-ring (bicyclic) bond motifs is 1. The van der Waals surface area contributed by atoms with Gasteiger partial charge in [0.25, 0.3) is 0 Å². The summed E-state index contributed by atoms with van der Waals surface area (Å²) in [6.45, 7) is 3.28. The van der Waals surface area contributed by atoms with Gasteiger partial charge in [-0.3, -0.25) is 4.79 Å². The first-order valence-corrected chi connectivity index (χ1v) is 7.52. The molecule has 2 aliphatic rings. The number of anilines is 1. The molecule has 3 N–H and O–H groups in total. The minimum Gasteiger partial charge on any atom is -0.385 e. The van der Waals surface area contributed by atoms with E-state index in [2.05, 4.69) is 10.6 Å². The summed E-state index contributed by atoms with van der Waals surface area (Å²) in [4.78, 5) is 12.3. The van der Waals surface area contributed by atoms with Crippen LogP contribution >= 0.6 is 0 Å². The summed E-state index contributed by atoms with van der Waals surface area (Å²) in [6.07, 6.45) is 1.07. The molecule has 3 rings (SSSR count). The summed E-state index contributed by atoms with van der Waals surface area (Å²) in [5.41, 5.74) is 1.34. The Bertz CT molecular complexity index is 534. The lowest BCUT2D eigenvalue weighted by Crippen LogP contribution is -2.49. The lowest BCUT2D eigenvalue weighted by Gasteiger charge is -2.29. The van der Waals surface area contributed by atoms with Crippen molar-refractivity contribution in [3.8, 4) is 0 Å². The molecule has 1 aromatic rings. The number of amides is 1. The highest BCUT2D eigenvalue weighted by atomic mass is 16.5. The van der Waals surface area contributed by atoms with E-state index < -0.39 is 5.60 Å². The number of carbonyl (C=O) groups is 1. The average Bonchev–Trinajstić information content (AvgIpc) is 2.84. The highest BCUT2D eigenvalue weighted by Crippen LogP contribution is 2.26. The van der Waals surface area contributed by atoms with Crippen molar-refractivity contribution in [1.29, 1.82) is 0 Å². The van der Waals surface area contributed by atoms with Crippen LogP contribution in [0.5, 0.6) is 0 Å². The molecule has 1 saturated heterocycles. The third kappa shape index (κ3) is 2.89. The fraction of sp³-hybridized carbons (Fsp3) is 0.562. The van der Waals surface area contributed by atoms with Crippen LogP contribution in [-0.4, -0.2) is 42.4 Å². The molecular formula is C16H22N2O3. The number of para-hydroxylation sites is 1. The zero-order chi connectivity index (χ0) is 14.9. The maximum absolute atomic E-state index is 12.3. The number of hydrogen-bond acceptors (Lipinski definition) is 4. The van der Waals surface area contributed by atoms with Gasteiger partial charge in [0.15, 0.2) is 0 Å². The number of carbonyl (C=O) groups excluding carboxylic acids is 1. The standard InChI is InChI=1S/C16H22N2O3/c1-11-16(20,6-7-21-11)10-18-15(19)13-8-12-4-2-3-5-14(12)17-9-13/h2-5,11,13,17,20H,6-10H2,1H3,(H,18,19). The van der Waals surface area contributed by atoms with Gasteiger partial charge in [0.05, 0.1) is 12.0 Å². The molecule has 0 radical (unpaired) electrons. The van der Waals surface area contributed by atoms with Crippen LogP contribution in [0, 0.1) is 5.92 Å². The van der Waals surface area contributed by atoms with Gasteiger partial charge in [0.1, 0.15) is 5.60 Å². The van der Waals surface area contributed by atoms with Crippen LogP contribution in [0.3, 0.4) is 0 Å². The fourth-order valence-electron chi connectivity index (χ4n) is 3.01. The maximum Gasteiger partial charge on any atom is 0.225 e. The Morgan fingerprint density at radius 1 is 1.52 bits per heavy atom. The second-order valence-electron chi connectivity index (χ2n) is 6.02. The Kier molecular flexibility index (Phi) is 3.87. The highest BCUT2D eigenvalue weighted by molar-refractivity contribution is 5.80. The molecule has 2 aliphatic heterocycles. The predicted molar refractivity (Wildman–Crippen MR) is 80.1 cm³/mol. The number of aliphatic hydroxyl groups is 1. The SMILES string of the molecule is CC1OCCC1(O)CNC(=O)C1CNc2ccccc2C1. The molecule has 1 aromatic carbocycles. The van der Waals surface area contributed by atoms with E-state index >= 15 is 0 Å². The normalized spacial score (nSPS) is 31.3. The molecule has 114 valence electrons. The van der Waals surface area contributed by atoms with Crippen molar-refractivity contribution < 1.29 is 14.6 Å². The summed E-state index contributed by atoms with van der Waals surface area (Å²) in [5.74, 6) is -0.106. The van der Waals surface area contributed by atoms with E-state index in [1.54, 1.807) is 0 Å². The van der Waals surface area contributed by atoms with Gasteiger partial charge in [-0.15, -0.1) is 0 Å². The summed E-state index contributed by atoms with van der Waals surface area (Å²) in [6, 6.07) is 8.05. The predicted octanol–water partition coefficient (Wildman–Crippen LogP) is 0.927. The Labute approximate surface area is 124 Å². The Morgan fingerprint density at radius 2 is 2.33 bits per heavy atom. The second kappa shape index (κ2) is 5.66. The molecule has 3 atom stereocenters. The number of benzene rings is 1. The first-order chi connectivity index (χ1) is 10.1. The van der Waals surface area contributed by atoms with Gasteiger partial charge in [-0.2, -0.15) is 0 Å². The van der Waals surface area contributed by atoms with Crippen LogP contribution in [0.1, 0.15) is 18.9 Å². The number of nitrogens with one attached hydrogen (secondary N) is 2. The minimum absolute atomic E-state index is 0.00970. The molecule has 5 nitrogen and oxygen atoms in total. The average molecular weight is 290 g/mol. The number of rotatable bonds is 3. The fourth-order valence-corrected chi connectivity index (χ4v) is 3.01. The van der Waals surface area contributed by atoms with Crippen LogP contribution in [0.15, 0.2) is 24.3 Å². The molecule has 2 heterocycles. The molecule has 3 unspecified atom stereocenters. The van der Waals surface area contributed by atoms with Gasteiger partial charge >= 0.3 is 0 Å². The topological polar surface area (TPSA) is 70.6 Å². The zero-order valence-electron chi connectivity index (χ0n) is 12.3. The Hall–Kier alpha value is -1.59. The molecular weight excluding hydrogens is 268 g/mol. The molecule has 1 amide bonds. The van der Waals surface area contributed by atoms with Crippen molar-refractivity contribution in [1.82, 2.24) is 5.32 Å². The van der Waals surface area contributed by atoms with Crippen molar-refractivity contribution in [3.63, 3.8) is 0 Å². The van der Waals surface area contributed by atoms with Crippen molar-refractivity contribution >= 4 is 11.6 Å².